The van der Waals surface area contributed by atoms with Crippen molar-refractivity contribution in [3.05, 3.63) is 65.2 Å². The van der Waals surface area contributed by atoms with Gasteiger partial charge < -0.3 is 4.74 Å². The summed E-state index contributed by atoms with van der Waals surface area (Å²) in [4.78, 5) is 0. The van der Waals surface area contributed by atoms with Crippen molar-refractivity contribution < 1.29 is 4.74 Å². The normalized spacial score (nSPS) is 15.3. The summed E-state index contributed by atoms with van der Waals surface area (Å²) in [5.41, 5.74) is 8.19. The third kappa shape index (κ3) is 3.48. The van der Waals surface area contributed by atoms with Gasteiger partial charge >= 0.3 is 0 Å². The molecule has 1 aliphatic carbocycles. The Labute approximate surface area is 132 Å². The predicted molar refractivity (Wildman–Crippen MR) is 90.3 cm³/mol. The van der Waals surface area contributed by atoms with Crippen LogP contribution in [0.1, 0.15) is 37.0 Å². The third-order valence-corrected chi connectivity index (χ3v) is 3.99. The van der Waals surface area contributed by atoms with E-state index in [4.69, 9.17) is 4.74 Å². The molecule has 1 N–H and O–H groups in total. The lowest BCUT2D eigenvalue weighted by Crippen LogP contribution is -2.28. The number of para-hydroxylation sites is 1. The van der Waals surface area contributed by atoms with Gasteiger partial charge in [-0.15, -0.1) is 0 Å². The van der Waals surface area contributed by atoms with Crippen molar-refractivity contribution >= 4 is 5.71 Å². The van der Waals surface area contributed by atoms with Crippen molar-refractivity contribution in [3.63, 3.8) is 0 Å². The van der Waals surface area contributed by atoms with E-state index in [-0.39, 0.29) is 6.23 Å². The molecule has 0 aromatic heterocycles. The Kier molecular flexibility index (Phi) is 4.42. The maximum absolute atomic E-state index is 5.76. The molecule has 2 aromatic carbocycles. The molecule has 0 saturated heterocycles. The van der Waals surface area contributed by atoms with E-state index in [0.717, 1.165) is 11.5 Å². The number of rotatable bonds is 5. The second-order valence-electron chi connectivity index (χ2n) is 5.74. The van der Waals surface area contributed by atoms with E-state index >= 15 is 0 Å². The van der Waals surface area contributed by atoms with Crippen LogP contribution in [0, 0.1) is 0 Å². The van der Waals surface area contributed by atoms with Crippen molar-refractivity contribution in [1.29, 1.82) is 0 Å². The molecule has 3 heteroatoms. The number of nitrogens with one attached hydrogen (secondary N) is 1. The molecule has 3 rings (SSSR count). The Morgan fingerprint density at radius 2 is 1.86 bits per heavy atom. The minimum absolute atomic E-state index is 0.174. The van der Waals surface area contributed by atoms with E-state index < -0.39 is 0 Å². The monoisotopic (exact) mass is 294 g/mol. The first-order valence-electron chi connectivity index (χ1n) is 7.86. The lowest BCUT2D eigenvalue weighted by Gasteiger charge is -2.14. The van der Waals surface area contributed by atoms with E-state index in [1.54, 1.807) is 0 Å². The van der Waals surface area contributed by atoms with Crippen LogP contribution in [0.5, 0.6) is 5.75 Å². The summed E-state index contributed by atoms with van der Waals surface area (Å²) in [6.07, 6.45) is 3.50. The van der Waals surface area contributed by atoms with Gasteiger partial charge in [0.2, 0.25) is 0 Å². The molecule has 22 heavy (non-hydrogen) atoms. The molecular formula is C19H22N2O. The van der Waals surface area contributed by atoms with Gasteiger partial charge in [0.05, 0.1) is 5.71 Å². The lowest BCUT2D eigenvalue weighted by molar-refractivity contribution is 0.185. The van der Waals surface area contributed by atoms with Crippen molar-refractivity contribution in [2.45, 2.75) is 39.3 Å². The predicted octanol–water partition coefficient (Wildman–Crippen LogP) is 3.91. The summed E-state index contributed by atoms with van der Waals surface area (Å²) in [7, 11) is 0. The Bertz CT molecular complexity index is 664. The van der Waals surface area contributed by atoms with Gasteiger partial charge in [0.1, 0.15) is 5.75 Å². The van der Waals surface area contributed by atoms with Gasteiger partial charge in [-0.1, -0.05) is 30.3 Å². The molecule has 1 atom stereocenters. The summed E-state index contributed by atoms with van der Waals surface area (Å²) >= 11 is 0. The van der Waals surface area contributed by atoms with Crippen LogP contribution in [0.25, 0.3) is 0 Å². The topological polar surface area (TPSA) is 33.6 Å². The summed E-state index contributed by atoms with van der Waals surface area (Å²) < 4.78 is 5.76. The van der Waals surface area contributed by atoms with Crippen LogP contribution >= 0.6 is 0 Å². The maximum Gasteiger partial charge on any atom is 0.181 e. The van der Waals surface area contributed by atoms with Gasteiger partial charge in [0.25, 0.3) is 0 Å². The SMILES string of the molecule is C/C(=N/N[C@H](C)Oc1ccccc1)c1ccc2c(c1)CCC2. The molecule has 0 aliphatic heterocycles. The van der Waals surface area contributed by atoms with Crippen LogP contribution in [0.4, 0.5) is 0 Å². The molecule has 114 valence electrons. The van der Waals surface area contributed by atoms with Crippen LogP contribution < -0.4 is 10.2 Å². The fraction of sp³-hybridized carbons (Fsp3) is 0.316. The molecule has 0 bridgehead atoms. The molecule has 2 aromatic rings. The summed E-state index contributed by atoms with van der Waals surface area (Å²) in [6, 6.07) is 16.4. The van der Waals surface area contributed by atoms with E-state index in [9.17, 15) is 0 Å². The molecular weight excluding hydrogens is 272 g/mol. The Balaban J connectivity index is 1.62. The highest BCUT2D eigenvalue weighted by atomic mass is 16.5. The summed E-state index contributed by atoms with van der Waals surface area (Å²) in [5, 5.41) is 4.46. The van der Waals surface area contributed by atoms with Crippen molar-refractivity contribution in [1.82, 2.24) is 5.43 Å². The highest BCUT2D eigenvalue weighted by molar-refractivity contribution is 5.98. The largest absolute Gasteiger partial charge is 0.470 e. The smallest absolute Gasteiger partial charge is 0.181 e. The van der Waals surface area contributed by atoms with Crippen LogP contribution in [0.3, 0.4) is 0 Å². The van der Waals surface area contributed by atoms with Crippen molar-refractivity contribution in [2.75, 3.05) is 0 Å². The zero-order chi connectivity index (χ0) is 15.4. The fourth-order valence-corrected chi connectivity index (χ4v) is 2.78. The van der Waals surface area contributed by atoms with Gasteiger partial charge in [-0.05, 0) is 68.0 Å². The minimum Gasteiger partial charge on any atom is -0.470 e. The fourth-order valence-electron chi connectivity index (χ4n) is 2.78. The van der Waals surface area contributed by atoms with Crippen molar-refractivity contribution in [3.8, 4) is 5.75 Å². The molecule has 3 nitrogen and oxygen atoms in total. The molecule has 0 heterocycles. The van der Waals surface area contributed by atoms with Crippen LogP contribution in [0.15, 0.2) is 53.6 Å². The first-order chi connectivity index (χ1) is 10.7. The Morgan fingerprint density at radius 3 is 2.68 bits per heavy atom. The molecule has 0 fully saturated rings. The van der Waals surface area contributed by atoms with Crippen LogP contribution in [-0.2, 0) is 12.8 Å². The molecule has 0 saturated carbocycles. The second kappa shape index (κ2) is 6.65. The third-order valence-electron chi connectivity index (χ3n) is 3.99. The van der Waals surface area contributed by atoms with Gasteiger partial charge in [-0.3, -0.25) is 5.43 Å². The van der Waals surface area contributed by atoms with Gasteiger partial charge in [-0.2, -0.15) is 5.10 Å². The number of ether oxygens (including phenoxy) is 1. The molecule has 1 aliphatic rings. The number of hydrogen-bond acceptors (Lipinski definition) is 3. The zero-order valence-corrected chi connectivity index (χ0v) is 13.2. The maximum atomic E-state index is 5.76. The number of aryl methyl sites for hydroxylation is 2. The number of benzene rings is 2. The average molecular weight is 294 g/mol. The van der Waals surface area contributed by atoms with Crippen LogP contribution in [0.2, 0.25) is 0 Å². The highest BCUT2D eigenvalue weighted by Crippen LogP contribution is 2.23. The minimum atomic E-state index is -0.174. The van der Waals surface area contributed by atoms with E-state index in [0.29, 0.717) is 0 Å². The zero-order valence-electron chi connectivity index (χ0n) is 13.2. The number of hydrogen-bond donors (Lipinski definition) is 1. The van der Waals surface area contributed by atoms with Crippen LogP contribution in [-0.4, -0.2) is 11.9 Å². The number of hydrazone groups is 1. The second-order valence-corrected chi connectivity index (χ2v) is 5.74. The summed E-state index contributed by atoms with van der Waals surface area (Å²) in [5.74, 6) is 0.841. The van der Waals surface area contributed by atoms with Gasteiger partial charge in [0.15, 0.2) is 6.23 Å². The van der Waals surface area contributed by atoms with E-state index in [1.165, 1.54) is 36.0 Å². The average Bonchev–Trinajstić information content (AvgIpc) is 3.01. The molecule has 0 amide bonds. The number of fused-ring (bicyclic) bond motifs is 1. The Hall–Kier alpha value is -2.29. The van der Waals surface area contributed by atoms with E-state index in [1.807, 2.05) is 44.2 Å². The number of nitrogens with zero attached hydrogens (tertiary/aromatic N) is 1. The van der Waals surface area contributed by atoms with Gasteiger partial charge in [0, 0.05) is 0 Å². The summed E-state index contributed by atoms with van der Waals surface area (Å²) in [6.45, 7) is 3.98. The first kappa shape index (κ1) is 14.6. The highest BCUT2D eigenvalue weighted by Gasteiger charge is 2.11. The van der Waals surface area contributed by atoms with Gasteiger partial charge in [-0.25, -0.2) is 0 Å². The molecule has 0 radical (unpaired) electrons. The quantitative estimate of drug-likeness (QED) is 0.515. The Morgan fingerprint density at radius 1 is 1.09 bits per heavy atom. The first-order valence-corrected chi connectivity index (χ1v) is 7.86. The van der Waals surface area contributed by atoms with E-state index in [2.05, 4.69) is 28.7 Å². The van der Waals surface area contributed by atoms with Crippen molar-refractivity contribution in [2.24, 2.45) is 5.10 Å². The standard InChI is InChI=1S/C19H22N2O/c1-14(17-12-11-16-7-6-8-18(16)13-17)20-21-15(2)22-19-9-4-3-5-10-19/h3-5,9-13,15,21H,6-8H2,1-2H3/b20-14-/t15-/m0/s1. The molecule has 0 unspecified atom stereocenters. The lowest BCUT2D eigenvalue weighted by atomic mass is 10.0. The molecule has 0 spiro atoms.